The Morgan fingerprint density at radius 1 is 1.24 bits per heavy atom. The Labute approximate surface area is 104 Å². The summed E-state index contributed by atoms with van der Waals surface area (Å²) in [7, 11) is 2.21. The lowest BCUT2D eigenvalue weighted by atomic mass is 9.85. The molecule has 0 atom stereocenters. The molecule has 1 saturated heterocycles. The molecule has 17 heavy (non-hydrogen) atoms. The van der Waals surface area contributed by atoms with Gasteiger partial charge in [0.25, 0.3) is 0 Å². The van der Waals surface area contributed by atoms with Crippen molar-refractivity contribution in [1.29, 1.82) is 0 Å². The quantitative estimate of drug-likeness (QED) is 0.739. The molecule has 1 saturated carbocycles. The van der Waals surface area contributed by atoms with Gasteiger partial charge in [-0.2, -0.15) is 0 Å². The zero-order valence-electron chi connectivity index (χ0n) is 10.9. The molecular weight excluding hydrogens is 212 g/mol. The molecule has 0 unspecified atom stereocenters. The summed E-state index contributed by atoms with van der Waals surface area (Å²) in [6, 6.07) is 0.671. The number of nitrogens with zero attached hydrogens (tertiary/aromatic N) is 3. The van der Waals surface area contributed by atoms with E-state index in [0.717, 1.165) is 12.5 Å². The highest BCUT2D eigenvalue weighted by molar-refractivity contribution is 5.81. The van der Waals surface area contributed by atoms with Gasteiger partial charge in [0.2, 0.25) is 0 Å². The Morgan fingerprint density at radius 3 is 2.53 bits per heavy atom. The van der Waals surface area contributed by atoms with Gasteiger partial charge in [-0.15, -0.1) is 0 Å². The maximum atomic E-state index is 6.16. The lowest BCUT2D eigenvalue weighted by Gasteiger charge is -2.47. The fourth-order valence-electron chi connectivity index (χ4n) is 3.79. The van der Waals surface area contributed by atoms with Gasteiger partial charge >= 0.3 is 0 Å². The highest BCUT2D eigenvalue weighted by Crippen LogP contribution is 2.38. The number of guanidine groups is 1. The van der Waals surface area contributed by atoms with Crippen LogP contribution >= 0.6 is 0 Å². The van der Waals surface area contributed by atoms with E-state index in [1.807, 2.05) is 0 Å². The van der Waals surface area contributed by atoms with Crippen molar-refractivity contribution in [3.8, 4) is 0 Å². The van der Waals surface area contributed by atoms with Crippen molar-refractivity contribution in [1.82, 2.24) is 9.80 Å². The van der Waals surface area contributed by atoms with Crippen molar-refractivity contribution < 1.29 is 0 Å². The van der Waals surface area contributed by atoms with Gasteiger partial charge in [0, 0.05) is 19.1 Å². The van der Waals surface area contributed by atoms with E-state index in [1.165, 1.54) is 51.6 Å². The maximum absolute atomic E-state index is 6.16. The molecule has 1 spiro atoms. The third-order valence-electron chi connectivity index (χ3n) is 4.90. The molecule has 0 aromatic rings. The second kappa shape index (κ2) is 4.16. The van der Waals surface area contributed by atoms with Crippen molar-refractivity contribution in [3.63, 3.8) is 0 Å². The summed E-state index contributed by atoms with van der Waals surface area (Å²) >= 11 is 0. The molecule has 1 aliphatic carbocycles. The van der Waals surface area contributed by atoms with Gasteiger partial charge in [-0.3, -0.25) is 4.99 Å². The van der Waals surface area contributed by atoms with Gasteiger partial charge in [-0.1, -0.05) is 12.8 Å². The van der Waals surface area contributed by atoms with E-state index >= 15 is 0 Å². The smallest absolute Gasteiger partial charge is 0.192 e. The molecule has 96 valence electrons. The normalized spacial score (nSPS) is 30.2. The van der Waals surface area contributed by atoms with Gasteiger partial charge < -0.3 is 15.5 Å². The van der Waals surface area contributed by atoms with Gasteiger partial charge in [-0.25, -0.2) is 0 Å². The van der Waals surface area contributed by atoms with Gasteiger partial charge in [0.05, 0.1) is 12.1 Å². The molecule has 0 amide bonds. The van der Waals surface area contributed by atoms with Crippen LogP contribution in [0.15, 0.2) is 4.99 Å². The van der Waals surface area contributed by atoms with Crippen molar-refractivity contribution >= 4 is 5.96 Å². The first-order chi connectivity index (χ1) is 8.21. The van der Waals surface area contributed by atoms with E-state index in [1.54, 1.807) is 0 Å². The van der Waals surface area contributed by atoms with E-state index in [0.29, 0.717) is 6.04 Å². The molecule has 2 aliphatic heterocycles. The summed E-state index contributed by atoms with van der Waals surface area (Å²) in [5.74, 6) is 0.821. The van der Waals surface area contributed by atoms with Crippen LogP contribution in [0.25, 0.3) is 0 Å². The van der Waals surface area contributed by atoms with Gasteiger partial charge in [0.15, 0.2) is 5.96 Å². The summed E-state index contributed by atoms with van der Waals surface area (Å²) in [5, 5.41) is 0. The van der Waals surface area contributed by atoms with Crippen molar-refractivity contribution in [2.75, 3.05) is 26.7 Å². The van der Waals surface area contributed by atoms with Crippen LogP contribution in [0, 0.1) is 0 Å². The lowest BCUT2D eigenvalue weighted by molar-refractivity contribution is 0.0727. The minimum absolute atomic E-state index is 0.269. The monoisotopic (exact) mass is 236 g/mol. The number of hydrogen-bond donors (Lipinski definition) is 1. The van der Waals surface area contributed by atoms with E-state index in [-0.39, 0.29) is 5.54 Å². The topological polar surface area (TPSA) is 44.9 Å². The average Bonchev–Trinajstić information content (AvgIpc) is 2.92. The number of piperidine rings is 1. The molecule has 2 heterocycles. The van der Waals surface area contributed by atoms with Crippen molar-refractivity contribution in [2.45, 2.75) is 50.1 Å². The lowest BCUT2D eigenvalue weighted by Crippen LogP contribution is -2.59. The third kappa shape index (κ3) is 1.82. The van der Waals surface area contributed by atoms with Crippen LogP contribution in [0.2, 0.25) is 0 Å². The molecule has 0 bridgehead atoms. The van der Waals surface area contributed by atoms with Crippen molar-refractivity contribution in [3.05, 3.63) is 0 Å². The molecule has 4 heteroatoms. The van der Waals surface area contributed by atoms with E-state index in [9.17, 15) is 0 Å². The molecule has 4 nitrogen and oxygen atoms in total. The van der Waals surface area contributed by atoms with Gasteiger partial charge in [0.1, 0.15) is 0 Å². The molecule has 0 aromatic heterocycles. The van der Waals surface area contributed by atoms with E-state index in [4.69, 9.17) is 5.73 Å². The zero-order valence-corrected chi connectivity index (χ0v) is 10.9. The Balaban J connectivity index is 1.79. The van der Waals surface area contributed by atoms with Crippen molar-refractivity contribution in [2.24, 2.45) is 10.7 Å². The second-order valence-electron chi connectivity index (χ2n) is 6.01. The molecular formula is C13H24N4. The standard InChI is InChI=1S/C13H24N4/c1-16-8-6-13(7-9-16)10-15-12(14)17(13)11-4-2-3-5-11/h11H,2-10H2,1H3,(H2,14,15). The maximum Gasteiger partial charge on any atom is 0.192 e. The Hall–Kier alpha value is -0.770. The third-order valence-corrected chi connectivity index (χ3v) is 4.90. The summed E-state index contributed by atoms with van der Waals surface area (Å²) in [6.07, 6.45) is 7.81. The molecule has 3 rings (SSSR count). The highest BCUT2D eigenvalue weighted by atomic mass is 15.4. The summed E-state index contributed by atoms with van der Waals surface area (Å²) in [4.78, 5) is 9.50. The second-order valence-corrected chi connectivity index (χ2v) is 6.01. The number of aliphatic imine (C=N–C) groups is 1. The highest BCUT2D eigenvalue weighted by Gasteiger charge is 2.47. The zero-order chi connectivity index (χ0) is 11.9. The Bertz CT molecular complexity index is 311. The molecule has 3 aliphatic rings. The SMILES string of the molecule is CN1CCC2(CC1)CN=C(N)N2C1CCCC1. The van der Waals surface area contributed by atoms with Gasteiger partial charge in [-0.05, 0) is 32.7 Å². The molecule has 2 fully saturated rings. The predicted molar refractivity (Wildman–Crippen MR) is 70.0 cm³/mol. The Kier molecular flexibility index (Phi) is 2.77. The fourth-order valence-corrected chi connectivity index (χ4v) is 3.79. The molecule has 0 radical (unpaired) electrons. The summed E-state index contributed by atoms with van der Waals surface area (Å²) in [6.45, 7) is 3.31. The summed E-state index contributed by atoms with van der Waals surface area (Å²) in [5.41, 5.74) is 6.43. The van der Waals surface area contributed by atoms with Crippen LogP contribution in [0.5, 0.6) is 0 Å². The van der Waals surface area contributed by atoms with Crippen LogP contribution < -0.4 is 5.73 Å². The van der Waals surface area contributed by atoms with E-state index < -0.39 is 0 Å². The first-order valence-electron chi connectivity index (χ1n) is 6.99. The first-order valence-corrected chi connectivity index (χ1v) is 6.99. The summed E-state index contributed by atoms with van der Waals surface area (Å²) < 4.78 is 0. The largest absolute Gasteiger partial charge is 0.370 e. The number of likely N-dealkylation sites (tertiary alicyclic amines) is 1. The van der Waals surface area contributed by atoms with E-state index in [2.05, 4.69) is 21.8 Å². The number of rotatable bonds is 1. The van der Waals surface area contributed by atoms with Crippen LogP contribution in [0.1, 0.15) is 38.5 Å². The van der Waals surface area contributed by atoms with Crippen LogP contribution in [0.4, 0.5) is 0 Å². The number of hydrogen-bond acceptors (Lipinski definition) is 4. The molecule has 2 N–H and O–H groups in total. The average molecular weight is 236 g/mol. The molecule has 0 aromatic carbocycles. The van der Waals surface area contributed by atoms with Crippen LogP contribution in [-0.4, -0.2) is 54.0 Å². The minimum atomic E-state index is 0.269. The minimum Gasteiger partial charge on any atom is -0.370 e. The fraction of sp³-hybridized carbons (Fsp3) is 0.923. The predicted octanol–water partition coefficient (Wildman–Crippen LogP) is 1.02. The Morgan fingerprint density at radius 2 is 1.88 bits per heavy atom. The number of nitrogens with two attached hydrogens (primary N) is 1. The first kappa shape index (κ1) is 11.3. The van der Waals surface area contributed by atoms with Crippen LogP contribution in [-0.2, 0) is 0 Å². The van der Waals surface area contributed by atoms with Crippen LogP contribution in [0.3, 0.4) is 0 Å².